The number of nitrogens with zero attached hydrogens (tertiary/aromatic N) is 1. The lowest BCUT2D eigenvalue weighted by molar-refractivity contribution is 0.352. The van der Waals surface area contributed by atoms with Crippen molar-refractivity contribution < 1.29 is 4.39 Å². The second-order valence-corrected chi connectivity index (χ2v) is 5.23. The predicted molar refractivity (Wildman–Crippen MR) is 74.5 cm³/mol. The molecule has 0 amide bonds. The third-order valence-corrected chi connectivity index (χ3v) is 3.77. The van der Waals surface area contributed by atoms with Crippen LogP contribution in [-0.4, -0.2) is 26.7 Å². The molecular formula is C15H23FN2. The lowest BCUT2D eigenvalue weighted by atomic mass is 9.94. The van der Waals surface area contributed by atoms with E-state index in [9.17, 15) is 4.39 Å². The van der Waals surface area contributed by atoms with Gasteiger partial charge in [-0.15, -0.1) is 0 Å². The lowest BCUT2D eigenvalue weighted by Gasteiger charge is -2.24. The van der Waals surface area contributed by atoms with Gasteiger partial charge in [0.2, 0.25) is 0 Å². The summed E-state index contributed by atoms with van der Waals surface area (Å²) in [5, 5.41) is 3.44. The van der Waals surface area contributed by atoms with Crippen LogP contribution in [0, 0.1) is 11.7 Å². The van der Waals surface area contributed by atoms with Gasteiger partial charge in [-0.1, -0.05) is 12.1 Å². The van der Waals surface area contributed by atoms with Crippen molar-refractivity contribution >= 4 is 5.69 Å². The lowest BCUT2D eigenvalue weighted by Crippen LogP contribution is -2.30. The maximum atomic E-state index is 13.6. The fourth-order valence-electron chi connectivity index (χ4n) is 2.67. The van der Waals surface area contributed by atoms with E-state index >= 15 is 0 Å². The second kappa shape index (κ2) is 6.74. The van der Waals surface area contributed by atoms with E-state index in [1.54, 1.807) is 6.07 Å². The molecule has 1 saturated heterocycles. The zero-order valence-electron chi connectivity index (χ0n) is 11.2. The summed E-state index contributed by atoms with van der Waals surface area (Å²) in [6.45, 7) is 3.26. The molecule has 1 fully saturated rings. The highest BCUT2D eigenvalue weighted by atomic mass is 19.1. The number of nitrogens with one attached hydrogen (secondary N) is 1. The van der Waals surface area contributed by atoms with Crippen molar-refractivity contribution in [2.75, 3.05) is 31.6 Å². The Balaban J connectivity index is 1.74. The topological polar surface area (TPSA) is 15.3 Å². The summed E-state index contributed by atoms with van der Waals surface area (Å²) in [5.74, 6) is 0.687. The number of anilines is 1. The van der Waals surface area contributed by atoms with Crippen LogP contribution in [0.4, 0.5) is 10.1 Å². The van der Waals surface area contributed by atoms with Crippen LogP contribution in [0.5, 0.6) is 0 Å². The summed E-state index contributed by atoms with van der Waals surface area (Å²) in [5.41, 5.74) is 0.708. The summed E-state index contributed by atoms with van der Waals surface area (Å²) in [6, 6.07) is 6.99. The monoisotopic (exact) mass is 250 g/mol. The van der Waals surface area contributed by atoms with E-state index in [-0.39, 0.29) is 5.82 Å². The van der Waals surface area contributed by atoms with Gasteiger partial charge in [0.1, 0.15) is 5.82 Å². The first-order valence-corrected chi connectivity index (χ1v) is 6.94. The van der Waals surface area contributed by atoms with E-state index in [0.29, 0.717) is 5.69 Å². The highest BCUT2D eigenvalue weighted by molar-refractivity contribution is 5.46. The molecule has 0 aliphatic carbocycles. The van der Waals surface area contributed by atoms with E-state index in [4.69, 9.17) is 0 Å². The summed E-state index contributed by atoms with van der Waals surface area (Å²) < 4.78 is 13.6. The molecule has 0 spiro atoms. The van der Waals surface area contributed by atoms with E-state index in [0.717, 1.165) is 25.4 Å². The molecule has 3 heteroatoms. The van der Waals surface area contributed by atoms with Gasteiger partial charge >= 0.3 is 0 Å². The Morgan fingerprint density at radius 1 is 1.39 bits per heavy atom. The van der Waals surface area contributed by atoms with Gasteiger partial charge in [0, 0.05) is 13.6 Å². The standard InChI is InChI=1S/C15H23FN2/c1-18(15-9-3-2-8-14(15)16)11-5-7-13-6-4-10-17-12-13/h2-3,8-9,13,17H,4-7,10-12H2,1H3. The number of hydrogen-bond acceptors (Lipinski definition) is 2. The largest absolute Gasteiger partial charge is 0.372 e. The summed E-state index contributed by atoms with van der Waals surface area (Å²) in [6.07, 6.45) is 5.02. The molecule has 18 heavy (non-hydrogen) atoms. The summed E-state index contributed by atoms with van der Waals surface area (Å²) in [7, 11) is 1.97. The molecule has 1 N–H and O–H groups in total. The number of piperidine rings is 1. The quantitative estimate of drug-likeness (QED) is 0.864. The second-order valence-electron chi connectivity index (χ2n) is 5.23. The molecule has 0 aromatic heterocycles. The van der Waals surface area contributed by atoms with Crippen LogP contribution in [0.25, 0.3) is 0 Å². The minimum absolute atomic E-state index is 0.126. The van der Waals surface area contributed by atoms with Gasteiger partial charge in [0.15, 0.2) is 0 Å². The van der Waals surface area contributed by atoms with Crippen molar-refractivity contribution in [2.45, 2.75) is 25.7 Å². The molecule has 100 valence electrons. The van der Waals surface area contributed by atoms with Crippen LogP contribution in [-0.2, 0) is 0 Å². The summed E-state index contributed by atoms with van der Waals surface area (Å²) in [4.78, 5) is 2.02. The predicted octanol–water partition coefficient (Wildman–Crippen LogP) is 3.04. The van der Waals surface area contributed by atoms with Crippen LogP contribution in [0.15, 0.2) is 24.3 Å². The molecule has 0 saturated carbocycles. The number of para-hydroxylation sites is 1. The van der Waals surface area contributed by atoms with Crippen molar-refractivity contribution in [3.63, 3.8) is 0 Å². The van der Waals surface area contributed by atoms with E-state index in [2.05, 4.69) is 5.32 Å². The minimum atomic E-state index is -0.126. The van der Waals surface area contributed by atoms with Gasteiger partial charge in [0.25, 0.3) is 0 Å². The van der Waals surface area contributed by atoms with Gasteiger partial charge in [-0.3, -0.25) is 0 Å². The number of hydrogen-bond donors (Lipinski definition) is 1. The summed E-state index contributed by atoms with van der Waals surface area (Å²) >= 11 is 0. The number of rotatable bonds is 5. The molecule has 2 rings (SSSR count). The van der Waals surface area contributed by atoms with Crippen molar-refractivity contribution in [2.24, 2.45) is 5.92 Å². The van der Waals surface area contributed by atoms with Crippen molar-refractivity contribution in [3.8, 4) is 0 Å². The van der Waals surface area contributed by atoms with Crippen LogP contribution in [0.1, 0.15) is 25.7 Å². The third kappa shape index (κ3) is 3.70. The minimum Gasteiger partial charge on any atom is -0.372 e. The molecule has 1 unspecified atom stereocenters. The molecule has 2 nitrogen and oxygen atoms in total. The molecule has 0 radical (unpaired) electrons. The Morgan fingerprint density at radius 3 is 2.94 bits per heavy atom. The van der Waals surface area contributed by atoms with Crippen LogP contribution in [0.2, 0.25) is 0 Å². The first-order chi connectivity index (χ1) is 8.77. The molecule has 1 heterocycles. The van der Waals surface area contributed by atoms with E-state index in [1.807, 2.05) is 24.1 Å². The Labute approximate surface area is 109 Å². The first-order valence-electron chi connectivity index (χ1n) is 6.94. The Bertz CT molecular complexity index is 361. The van der Waals surface area contributed by atoms with Gasteiger partial charge in [-0.25, -0.2) is 4.39 Å². The van der Waals surface area contributed by atoms with Crippen LogP contribution in [0.3, 0.4) is 0 Å². The van der Waals surface area contributed by atoms with Gasteiger partial charge < -0.3 is 10.2 Å². The van der Waals surface area contributed by atoms with Gasteiger partial charge in [-0.2, -0.15) is 0 Å². The van der Waals surface area contributed by atoms with E-state index < -0.39 is 0 Å². The number of benzene rings is 1. The highest BCUT2D eigenvalue weighted by Gasteiger charge is 2.13. The van der Waals surface area contributed by atoms with Crippen molar-refractivity contribution in [1.82, 2.24) is 5.32 Å². The maximum Gasteiger partial charge on any atom is 0.146 e. The molecule has 1 aliphatic rings. The molecule has 1 aromatic rings. The molecular weight excluding hydrogens is 227 g/mol. The highest BCUT2D eigenvalue weighted by Crippen LogP contribution is 2.19. The smallest absolute Gasteiger partial charge is 0.146 e. The first kappa shape index (κ1) is 13.3. The molecule has 1 aliphatic heterocycles. The Kier molecular flexibility index (Phi) is 5.00. The molecule has 1 atom stereocenters. The zero-order valence-corrected chi connectivity index (χ0v) is 11.2. The van der Waals surface area contributed by atoms with Crippen LogP contribution >= 0.6 is 0 Å². The van der Waals surface area contributed by atoms with E-state index in [1.165, 1.54) is 31.9 Å². The molecule has 1 aromatic carbocycles. The van der Waals surface area contributed by atoms with Crippen LogP contribution < -0.4 is 10.2 Å². The molecule has 0 bridgehead atoms. The van der Waals surface area contributed by atoms with Crippen molar-refractivity contribution in [3.05, 3.63) is 30.1 Å². The fraction of sp³-hybridized carbons (Fsp3) is 0.600. The Hall–Kier alpha value is -1.09. The number of halogens is 1. The average molecular weight is 250 g/mol. The maximum absolute atomic E-state index is 13.6. The van der Waals surface area contributed by atoms with Crippen molar-refractivity contribution in [1.29, 1.82) is 0 Å². The zero-order chi connectivity index (χ0) is 12.8. The SMILES string of the molecule is CN(CCCC1CCCNC1)c1ccccc1F. The average Bonchev–Trinajstić information content (AvgIpc) is 2.40. The fourth-order valence-corrected chi connectivity index (χ4v) is 2.67. The van der Waals surface area contributed by atoms with Gasteiger partial charge in [-0.05, 0) is 56.8 Å². The normalized spacial score (nSPS) is 19.8. The van der Waals surface area contributed by atoms with Gasteiger partial charge in [0.05, 0.1) is 5.69 Å². The Morgan fingerprint density at radius 2 is 2.22 bits per heavy atom. The third-order valence-electron chi connectivity index (χ3n) is 3.77.